The van der Waals surface area contributed by atoms with Gasteiger partial charge < -0.3 is 65.1 Å². The van der Waals surface area contributed by atoms with Gasteiger partial charge in [-0.25, -0.2) is 0 Å². The van der Waals surface area contributed by atoms with Crippen LogP contribution in [0, 0.1) is 0 Å². The molecule has 0 aromatic rings. The van der Waals surface area contributed by atoms with Crippen LogP contribution in [0.1, 0.15) is 219 Å². The summed E-state index contributed by atoms with van der Waals surface area (Å²) in [6, 6.07) is -0.942. The summed E-state index contributed by atoms with van der Waals surface area (Å²) in [6.07, 6.45) is 37.2. The first-order chi connectivity index (χ1) is 35.1. The van der Waals surface area contributed by atoms with Crippen molar-refractivity contribution in [1.29, 1.82) is 0 Å². The lowest BCUT2D eigenvalue weighted by atomic mass is 9.97. The van der Waals surface area contributed by atoms with Crippen LogP contribution in [0.5, 0.6) is 0 Å². The van der Waals surface area contributed by atoms with E-state index in [4.69, 9.17) is 18.9 Å². The van der Waals surface area contributed by atoms with E-state index in [0.29, 0.717) is 12.8 Å². The maximum absolute atomic E-state index is 13.2. The van der Waals surface area contributed by atoms with Crippen molar-refractivity contribution in [3.8, 4) is 0 Å². The minimum absolute atomic E-state index is 0.259. The van der Waals surface area contributed by atoms with Gasteiger partial charge in [0.1, 0.15) is 48.8 Å². The fraction of sp³-hybridized carbons (Fsp3) is 0.845. The van der Waals surface area contributed by atoms with Gasteiger partial charge in [0.25, 0.3) is 0 Å². The molecule has 0 spiro atoms. The molecule has 2 heterocycles. The molecule has 0 saturated carbocycles. The van der Waals surface area contributed by atoms with E-state index >= 15 is 0 Å². The number of rotatable bonds is 45. The summed E-state index contributed by atoms with van der Waals surface area (Å²) in [5, 5.41) is 87.0. The minimum atomic E-state index is -1.79. The highest BCUT2D eigenvalue weighted by Gasteiger charge is 2.51. The van der Waals surface area contributed by atoms with Crippen LogP contribution in [0.3, 0.4) is 0 Å². The third-order valence-electron chi connectivity index (χ3n) is 14.0. The predicted molar refractivity (Wildman–Crippen MR) is 286 cm³/mol. The third kappa shape index (κ3) is 29.9. The Labute approximate surface area is 435 Å². The summed E-state index contributed by atoms with van der Waals surface area (Å²) in [5.74, 6) is -0.262. The molecular formula is C58H105NO13. The van der Waals surface area contributed by atoms with E-state index in [-0.39, 0.29) is 18.9 Å². The number of aliphatic hydroxyl groups is 8. The Morgan fingerprint density at radius 3 is 1.36 bits per heavy atom. The van der Waals surface area contributed by atoms with E-state index < -0.39 is 86.8 Å². The molecule has 2 aliphatic rings. The molecule has 14 nitrogen and oxygen atoms in total. The second kappa shape index (κ2) is 44.1. The largest absolute Gasteiger partial charge is 0.394 e. The number of unbranched alkanes of at least 4 members (excludes halogenated alkanes) is 26. The summed E-state index contributed by atoms with van der Waals surface area (Å²) in [4.78, 5) is 13.2. The average Bonchev–Trinajstić information content (AvgIpc) is 3.38. The van der Waals surface area contributed by atoms with Gasteiger partial charge in [-0.3, -0.25) is 4.79 Å². The van der Waals surface area contributed by atoms with E-state index in [0.717, 1.165) is 64.2 Å². The van der Waals surface area contributed by atoms with Gasteiger partial charge in [-0.15, -0.1) is 0 Å². The molecule has 12 atom stereocenters. The Morgan fingerprint density at radius 1 is 0.486 bits per heavy atom. The Kier molecular flexibility index (Phi) is 40.5. The highest BCUT2D eigenvalue weighted by molar-refractivity contribution is 5.76. The fourth-order valence-corrected chi connectivity index (χ4v) is 9.26. The fourth-order valence-electron chi connectivity index (χ4n) is 9.26. The summed E-state index contributed by atoms with van der Waals surface area (Å²) < 4.78 is 22.7. The Morgan fingerprint density at radius 2 is 0.889 bits per heavy atom. The van der Waals surface area contributed by atoms with Crippen molar-refractivity contribution in [2.75, 3.05) is 19.8 Å². The normalized spacial score (nSPS) is 25.9. The predicted octanol–water partition coefficient (Wildman–Crippen LogP) is 9.22. The number of ether oxygens (including phenoxy) is 4. The van der Waals surface area contributed by atoms with E-state index in [1.165, 1.54) is 122 Å². The number of allylic oxidation sites excluding steroid dienone is 7. The SMILES string of the molecule is CCCCCCCCC/C=C\CCCCCCCC(=O)NC(COC1OC(CO)C(OC2OC(CO)C(O)C(O)C2O)C(O)C1O)C(O)/C=C/CC/C=C/CC/C=C/CCCCCCCCCCCCCC. The van der Waals surface area contributed by atoms with E-state index in [9.17, 15) is 45.6 Å². The molecule has 2 rings (SSSR count). The van der Waals surface area contributed by atoms with E-state index in [1.54, 1.807) is 6.08 Å². The van der Waals surface area contributed by atoms with Crippen molar-refractivity contribution in [2.45, 2.75) is 293 Å². The number of hydrogen-bond acceptors (Lipinski definition) is 13. The molecule has 12 unspecified atom stereocenters. The lowest BCUT2D eigenvalue weighted by Crippen LogP contribution is -2.65. The number of nitrogens with one attached hydrogen (secondary N) is 1. The molecule has 0 aromatic carbocycles. The molecule has 0 radical (unpaired) electrons. The smallest absolute Gasteiger partial charge is 0.220 e. The zero-order valence-electron chi connectivity index (χ0n) is 44.9. The van der Waals surface area contributed by atoms with Crippen LogP contribution >= 0.6 is 0 Å². The van der Waals surface area contributed by atoms with Crippen LogP contribution in [-0.4, -0.2) is 140 Å². The van der Waals surface area contributed by atoms with Gasteiger partial charge in [0, 0.05) is 6.42 Å². The molecule has 420 valence electrons. The van der Waals surface area contributed by atoms with Crippen LogP contribution < -0.4 is 5.32 Å². The zero-order valence-corrected chi connectivity index (χ0v) is 44.9. The first-order valence-corrected chi connectivity index (χ1v) is 28.9. The van der Waals surface area contributed by atoms with Crippen LogP contribution in [0.4, 0.5) is 0 Å². The summed E-state index contributed by atoms with van der Waals surface area (Å²) in [6.45, 7) is 2.76. The van der Waals surface area contributed by atoms with Gasteiger partial charge in [0.2, 0.25) is 5.91 Å². The van der Waals surface area contributed by atoms with Crippen molar-refractivity contribution in [3.05, 3.63) is 48.6 Å². The Balaban J connectivity index is 1.82. The van der Waals surface area contributed by atoms with Gasteiger partial charge in [0.15, 0.2) is 12.6 Å². The van der Waals surface area contributed by atoms with Gasteiger partial charge in [-0.2, -0.15) is 0 Å². The maximum Gasteiger partial charge on any atom is 0.220 e. The molecule has 1 amide bonds. The minimum Gasteiger partial charge on any atom is -0.394 e. The lowest BCUT2D eigenvalue weighted by molar-refractivity contribution is -0.359. The number of amides is 1. The van der Waals surface area contributed by atoms with Crippen molar-refractivity contribution in [3.63, 3.8) is 0 Å². The summed E-state index contributed by atoms with van der Waals surface area (Å²) in [5.41, 5.74) is 0. The molecule has 14 heteroatoms. The lowest BCUT2D eigenvalue weighted by Gasteiger charge is -2.46. The number of hydrogen-bond donors (Lipinski definition) is 9. The first-order valence-electron chi connectivity index (χ1n) is 28.9. The summed E-state index contributed by atoms with van der Waals surface area (Å²) in [7, 11) is 0. The monoisotopic (exact) mass is 1020 g/mol. The van der Waals surface area contributed by atoms with E-state index in [2.05, 4.69) is 55.6 Å². The van der Waals surface area contributed by atoms with Crippen LogP contribution in [-0.2, 0) is 23.7 Å². The quantitative estimate of drug-likeness (QED) is 0.0205. The molecular weight excluding hydrogens is 919 g/mol. The van der Waals surface area contributed by atoms with Gasteiger partial charge in [-0.05, 0) is 70.6 Å². The second-order valence-electron chi connectivity index (χ2n) is 20.4. The average molecular weight is 1020 g/mol. The van der Waals surface area contributed by atoms with Crippen molar-refractivity contribution >= 4 is 5.91 Å². The number of aliphatic hydroxyl groups excluding tert-OH is 8. The Bertz CT molecular complexity index is 1390. The zero-order chi connectivity index (χ0) is 52.4. The summed E-state index contributed by atoms with van der Waals surface area (Å²) >= 11 is 0. The third-order valence-corrected chi connectivity index (χ3v) is 14.0. The van der Waals surface area contributed by atoms with Gasteiger partial charge >= 0.3 is 0 Å². The number of carbonyl (C=O) groups excluding carboxylic acids is 1. The second-order valence-corrected chi connectivity index (χ2v) is 20.4. The van der Waals surface area contributed by atoms with Crippen LogP contribution in [0.2, 0.25) is 0 Å². The van der Waals surface area contributed by atoms with Crippen LogP contribution in [0.25, 0.3) is 0 Å². The molecule has 9 N–H and O–H groups in total. The highest BCUT2D eigenvalue weighted by Crippen LogP contribution is 2.30. The molecule has 0 bridgehead atoms. The van der Waals surface area contributed by atoms with Gasteiger partial charge in [0.05, 0.1) is 32.0 Å². The van der Waals surface area contributed by atoms with Crippen LogP contribution in [0.15, 0.2) is 48.6 Å². The highest BCUT2D eigenvalue weighted by atomic mass is 16.7. The van der Waals surface area contributed by atoms with Crippen molar-refractivity contribution in [1.82, 2.24) is 5.32 Å². The standard InChI is InChI=1S/C58H105NO13/c1-3-5-7-9-11-13-15-17-19-21-22-23-24-25-26-27-29-31-33-35-37-39-41-47(62)46(59-50(63)42-40-38-36-34-32-30-28-20-18-16-14-12-10-8-6-4-2)45-69-57-55(68)53(66)56(49(44-61)71-57)72-58-54(67)52(65)51(64)48(43-60)70-58/h20,25-26,28,31,33,39,41,46-49,51-58,60-62,64-68H,3-19,21-24,27,29-30,32,34-38,40,42-45H2,1-2H3,(H,59,63)/b26-25+,28-20-,33-31+,41-39+. The van der Waals surface area contributed by atoms with Crippen molar-refractivity contribution < 1.29 is 64.6 Å². The topological polar surface area (TPSA) is 228 Å². The molecule has 2 aliphatic heterocycles. The number of carbonyl (C=O) groups is 1. The van der Waals surface area contributed by atoms with Crippen molar-refractivity contribution in [2.24, 2.45) is 0 Å². The molecule has 2 fully saturated rings. The van der Waals surface area contributed by atoms with Gasteiger partial charge in [-0.1, -0.05) is 191 Å². The Hall–Kier alpha value is -2.05. The maximum atomic E-state index is 13.2. The molecule has 2 saturated heterocycles. The van der Waals surface area contributed by atoms with E-state index in [1.807, 2.05) is 6.08 Å². The molecule has 72 heavy (non-hydrogen) atoms. The molecule has 0 aliphatic carbocycles. The first kappa shape index (κ1) is 66.1. The molecule has 0 aromatic heterocycles.